The van der Waals surface area contributed by atoms with Gasteiger partial charge in [0.1, 0.15) is 18.1 Å². The van der Waals surface area contributed by atoms with Gasteiger partial charge in [0.15, 0.2) is 0 Å². The summed E-state index contributed by atoms with van der Waals surface area (Å²) in [7, 11) is 0. The van der Waals surface area contributed by atoms with Gasteiger partial charge in [-0.2, -0.15) is 0 Å². The lowest BCUT2D eigenvalue weighted by Gasteiger charge is -2.25. The number of aryl methyl sites for hydroxylation is 1. The molecule has 33 heavy (non-hydrogen) atoms. The van der Waals surface area contributed by atoms with Crippen LogP contribution in [0.3, 0.4) is 0 Å². The van der Waals surface area contributed by atoms with E-state index >= 15 is 0 Å². The van der Waals surface area contributed by atoms with Gasteiger partial charge in [-0.25, -0.2) is 4.98 Å². The number of ketones is 1. The summed E-state index contributed by atoms with van der Waals surface area (Å²) in [4.78, 5) is 31.7. The number of amides is 1. The van der Waals surface area contributed by atoms with Gasteiger partial charge in [-0.15, -0.1) is 0 Å². The Morgan fingerprint density at radius 3 is 2.67 bits per heavy atom. The van der Waals surface area contributed by atoms with Crippen LogP contribution in [0.1, 0.15) is 23.6 Å². The molecule has 4 rings (SSSR count). The van der Waals surface area contributed by atoms with Crippen molar-refractivity contribution in [1.82, 2.24) is 14.5 Å². The Kier molecular flexibility index (Phi) is 6.69. The van der Waals surface area contributed by atoms with Crippen LogP contribution in [0, 0.1) is 0 Å². The summed E-state index contributed by atoms with van der Waals surface area (Å²) in [5.41, 5.74) is 1.25. The number of aromatic nitrogens is 2. The van der Waals surface area contributed by atoms with E-state index in [2.05, 4.69) is 11.6 Å². The number of benzene rings is 2. The third-order valence-electron chi connectivity index (χ3n) is 5.50. The molecular formula is C26H25N3O4. The Morgan fingerprint density at radius 1 is 1.12 bits per heavy atom. The number of carbonyl (C=O) groups excluding carboxylic acids is 2. The van der Waals surface area contributed by atoms with Crippen LogP contribution >= 0.6 is 0 Å². The van der Waals surface area contributed by atoms with Crippen LogP contribution in [0.25, 0.3) is 5.76 Å². The van der Waals surface area contributed by atoms with E-state index in [-0.39, 0.29) is 11.3 Å². The highest BCUT2D eigenvalue weighted by molar-refractivity contribution is 6.46. The van der Waals surface area contributed by atoms with Crippen molar-refractivity contribution in [1.29, 1.82) is 0 Å². The fourth-order valence-corrected chi connectivity index (χ4v) is 3.98. The first kappa shape index (κ1) is 22.1. The number of aliphatic hydroxyl groups is 1. The molecule has 1 saturated heterocycles. The van der Waals surface area contributed by atoms with Crippen molar-refractivity contribution in [2.24, 2.45) is 0 Å². The number of hydrogen-bond donors (Lipinski definition) is 1. The number of rotatable bonds is 9. The lowest BCUT2D eigenvalue weighted by atomic mass is 9.95. The molecule has 2 heterocycles. The molecule has 2 aromatic carbocycles. The Labute approximate surface area is 192 Å². The molecule has 1 aliphatic heterocycles. The summed E-state index contributed by atoms with van der Waals surface area (Å²) in [5, 5.41) is 11.1. The monoisotopic (exact) mass is 443 g/mol. The third-order valence-corrected chi connectivity index (χ3v) is 5.50. The van der Waals surface area contributed by atoms with Crippen LogP contribution < -0.4 is 4.74 Å². The number of carbonyl (C=O) groups is 2. The highest BCUT2D eigenvalue weighted by Gasteiger charge is 2.45. The number of nitrogens with zero attached hydrogens (tertiary/aromatic N) is 3. The molecule has 0 aliphatic carbocycles. The Bertz CT molecular complexity index is 1170. The standard InChI is InChI=1S/C26H25N3O4/c1-2-16-33-21-11-6-10-20(17-21)23-22(24(30)19-8-4-3-5-9-19)25(31)26(32)29(23)14-7-13-28-15-12-27-18-28/h2-6,8-12,15,17-18,23,30H,1,7,13-14,16H2/b24-22+. The minimum Gasteiger partial charge on any atom is -0.507 e. The zero-order valence-corrected chi connectivity index (χ0v) is 18.1. The minimum atomic E-state index is -0.722. The average molecular weight is 444 g/mol. The van der Waals surface area contributed by atoms with Gasteiger partial charge in [-0.3, -0.25) is 9.59 Å². The third kappa shape index (κ3) is 4.72. The number of aliphatic hydroxyl groups excluding tert-OH is 1. The molecular weight excluding hydrogens is 418 g/mol. The molecule has 1 unspecified atom stereocenters. The first-order chi connectivity index (χ1) is 16.1. The van der Waals surface area contributed by atoms with Crippen LogP contribution in [0.15, 0.2) is 91.5 Å². The second kappa shape index (κ2) is 9.99. The molecule has 7 nitrogen and oxygen atoms in total. The highest BCUT2D eigenvalue weighted by atomic mass is 16.5. The van der Waals surface area contributed by atoms with Crippen LogP contribution in [0.4, 0.5) is 0 Å². The Balaban J connectivity index is 1.73. The largest absolute Gasteiger partial charge is 0.507 e. The van der Waals surface area contributed by atoms with Crippen molar-refractivity contribution in [3.05, 3.63) is 103 Å². The predicted octanol–water partition coefficient (Wildman–Crippen LogP) is 3.96. The molecule has 0 radical (unpaired) electrons. The number of hydrogen-bond acceptors (Lipinski definition) is 5. The van der Waals surface area contributed by atoms with Gasteiger partial charge in [0.2, 0.25) is 0 Å². The van der Waals surface area contributed by atoms with Crippen molar-refractivity contribution >= 4 is 17.4 Å². The smallest absolute Gasteiger partial charge is 0.295 e. The Hall–Kier alpha value is -4.13. The van der Waals surface area contributed by atoms with Gasteiger partial charge in [0, 0.05) is 31.0 Å². The van der Waals surface area contributed by atoms with Crippen molar-refractivity contribution in [2.75, 3.05) is 13.2 Å². The van der Waals surface area contributed by atoms with E-state index in [1.54, 1.807) is 55.0 Å². The summed E-state index contributed by atoms with van der Waals surface area (Å²) >= 11 is 0. The summed E-state index contributed by atoms with van der Waals surface area (Å²) < 4.78 is 7.58. The molecule has 1 atom stereocenters. The van der Waals surface area contributed by atoms with E-state index in [4.69, 9.17) is 4.74 Å². The topological polar surface area (TPSA) is 84.7 Å². The van der Waals surface area contributed by atoms with Gasteiger partial charge >= 0.3 is 0 Å². The first-order valence-corrected chi connectivity index (χ1v) is 10.7. The molecule has 1 aromatic heterocycles. The van der Waals surface area contributed by atoms with Crippen LogP contribution in [-0.4, -0.2) is 44.4 Å². The number of likely N-dealkylation sites (tertiary alicyclic amines) is 1. The molecule has 0 saturated carbocycles. The quantitative estimate of drug-likeness (QED) is 0.234. The molecule has 168 valence electrons. The van der Waals surface area contributed by atoms with Crippen molar-refractivity contribution in [3.63, 3.8) is 0 Å². The summed E-state index contributed by atoms with van der Waals surface area (Å²) in [6, 6.07) is 15.3. The minimum absolute atomic E-state index is 0.0784. The highest BCUT2D eigenvalue weighted by Crippen LogP contribution is 2.40. The summed E-state index contributed by atoms with van der Waals surface area (Å²) in [6.45, 7) is 4.99. The van der Waals surface area contributed by atoms with Crippen LogP contribution in [0.5, 0.6) is 5.75 Å². The van der Waals surface area contributed by atoms with E-state index in [9.17, 15) is 14.7 Å². The summed E-state index contributed by atoms with van der Waals surface area (Å²) in [6.07, 6.45) is 7.52. The molecule has 7 heteroatoms. The van der Waals surface area contributed by atoms with E-state index in [0.29, 0.717) is 43.0 Å². The number of ether oxygens (including phenoxy) is 1. The van der Waals surface area contributed by atoms with Crippen LogP contribution in [-0.2, 0) is 16.1 Å². The normalized spacial score (nSPS) is 17.3. The maximum atomic E-state index is 13.1. The molecule has 0 bridgehead atoms. The van der Waals surface area contributed by atoms with E-state index in [1.807, 2.05) is 29.0 Å². The SMILES string of the molecule is C=CCOc1cccc(C2/C(=C(\O)c3ccccc3)C(=O)C(=O)N2CCCn2ccnc2)c1. The fourth-order valence-electron chi connectivity index (χ4n) is 3.98. The lowest BCUT2D eigenvalue weighted by Crippen LogP contribution is -2.31. The maximum absolute atomic E-state index is 13.1. The van der Waals surface area contributed by atoms with Gasteiger partial charge in [-0.1, -0.05) is 55.1 Å². The molecule has 0 spiro atoms. The van der Waals surface area contributed by atoms with Gasteiger partial charge < -0.3 is 19.3 Å². The van der Waals surface area contributed by atoms with E-state index in [1.165, 1.54) is 4.90 Å². The van der Waals surface area contributed by atoms with E-state index in [0.717, 1.165) is 0 Å². The van der Waals surface area contributed by atoms with Crippen LogP contribution in [0.2, 0.25) is 0 Å². The van der Waals surface area contributed by atoms with Crippen molar-refractivity contribution < 1.29 is 19.4 Å². The average Bonchev–Trinajstić information content (AvgIpc) is 3.45. The Morgan fingerprint density at radius 2 is 1.94 bits per heavy atom. The van der Waals surface area contributed by atoms with Gasteiger partial charge in [0.05, 0.1) is 17.9 Å². The van der Waals surface area contributed by atoms with Gasteiger partial charge in [0.25, 0.3) is 11.7 Å². The molecule has 1 aliphatic rings. The zero-order valence-electron chi connectivity index (χ0n) is 18.1. The molecule has 1 fully saturated rings. The fraction of sp³-hybridized carbons (Fsp3) is 0.192. The second-order valence-electron chi connectivity index (χ2n) is 7.68. The summed E-state index contributed by atoms with van der Waals surface area (Å²) in [5.74, 6) is -0.911. The number of Topliss-reactive ketones (excluding diaryl/α,β-unsaturated/α-hetero) is 1. The predicted molar refractivity (Wildman–Crippen MR) is 124 cm³/mol. The lowest BCUT2D eigenvalue weighted by molar-refractivity contribution is -0.139. The number of imidazole rings is 1. The van der Waals surface area contributed by atoms with Gasteiger partial charge in [-0.05, 0) is 24.1 Å². The van der Waals surface area contributed by atoms with E-state index < -0.39 is 17.7 Å². The molecule has 1 amide bonds. The van der Waals surface area contributed by atoms with Crippen molar-refractivity contribution in [2.45, 2.75) is 19.0 Å². The first-order valence-electron chi connectivity index (χ1n) is 10.7. The maximum Gasteiger partial charge on any atom is 0.295 e. The second-order valence-corrected chi connectivity index (χ2v) is 7.68. The molecule has 1 N–H and O–H groups in total. The van der Waals surface area contributed by atoms with Crippen molar-refractivity contribution in [3.8, 4) is 5.75 Å². The zero-order chi connectivity index (χ0) is 23.2. The molecule has 3 aromatic rings.